The Morgan fingerprint density at radius 3 is 2.23 bits per heavy atom. The minimum absolute atomic E-state index is 0.216. The van der Waals surface area contributed by atoms with Crippen LogP contribution in [0.25, 0.3) is 0 Å². The molecule has 1 fully saturated rings. The first-order chi connectivity index (χ1) is 16.8. The number of hydrogen-bond acceptors (Lipinski definition) is 4. The van der Waals surface area contributed by atoms with Crippen LogP contribution < -0.4 is 16.0 Å². The second-order valence-electron chi connectivity index (χ2n) is 8.50. The molecule has 0 unspecified atom stereocenters. The van der Waals surface area contributed by atoms with Crippen molar-refractivity contribution in [2.24, 2.45) is 0 Å². The molecule has 4 rings (SSSR count). The lowest BCUT2D eigenvalue weighted by Crippen LogP contribution is -2.47. The summed E-state index contributed by atoms with van der Waals surface area (Å²) in [5, 5.41) is 7.63. The van der Waals surface area contributed by atoms with E-state index in [1.165, 1.54) is 0 Å². The van der Waals surface area contributed by atoms with Crippen molar-refractivity contribution < 1.29 is 19.2 Å². The van der Waals surface area contributed by atoms with Crippen LogP contribution in [0.15, 0.2) is 78.9 Å². The summed E-state index contributed by atoms with van der Waals surface area (Å²) in [7, 11) is 0. The van der Waals surface area contributed by atoms with E-state index in [1.54, 1.807) is 36.4 Å². The Kier molecular flexibility index (Phi) is 6.64. The molecule has 1 aliphatic rings. The summed E-state index contributed by atoms with van der Waals surface area (Å²) in [6.45, 7) is 3.18. The molecule has 3 aromatic rings. The molecule has 1 heterocycles. The van der Waals surface area contributed by atoms with Crippen molar-refractivity contribution >= 4 is 29.6 Å². The Bertz CT molecular complexity index is 1280. The summed E-state index contributed by atoms with van der Waals surface area (Å²) >= 11 is 0. The number of benzene rings is 3. The molecule has 0 aromatic heterocycles. The van der Waals surface area contributed by atoms with Gasteiger partial charge in [0.15, 0.2) is 5.54 Å². The SMILES string of the molecule is Cc1cccc(NC(=O)NC(=O)CN2C(=O)N[C@@](Cc3ccccc3)(c3ccccc3)C2=O)c1C. The summed E-state index contributed by atoms with van der Waals surface area (Å²) in [5.41, 5.74) is 2.53. The number of aryl methyl sites for hydroxylation is 1. The minimum atomic E-state index is -1.36. The molecular formula is C27H26N4O4. The van der Waals surface area contributed by atoms with Gasteiger partial charge in [0, 0.05) is 12.1 Å². The number of imide groups is 2. The van der Waals surface area contributed by atoms with Gasteiger partial charge in [0.1, 0.15) is 6.54 Å². The Balaban J connectivity index is 1.51. The monoisotopic (exact) mass is 470 g/mol. The lowest BCUT2D eigenvalue weighted by molar-refractivity contribution is -0.135. The number of carbonyl (C=O) groups excluding carboxylic acids is 4. The standard InChI is InChI=1S/C27H26N4O4/c1-18-10-9-15-22(19(18)2)28-25(34)29-23(32)17-31-24(33)27(30-26(31)35,21-13-7-4-8-14-21)16-20-11-5-3-6-12-20/h3-15H,16-17H2,1-2H3,(H,30,35)(H2,28,29,32,34)/t27-/m0/s1. The summed E-state index contributed by atoms with van der Waals surface area (Å²) in [4.78, 5) is 52.3. The highest BCUT2D eigenvalue weighted by Crippen LogP contribution is 2.33. The molecule has 8 nitrogen and oxygen atoms in total. The normalized spacial score (nSPS) is 17.1. The van der Waals surface area contributed by atoms with Crippen molar-refractivity contribution in [2.75, 3.05) is 11.9 Å². The third-order valence-corrected chi connectivity index (χ3v) is 6.16. The highest BCUT2D eigenvalue weighted by Gasteiger charge is 2.52. The first-order valence-electron chi connectivity index (χ1n) is 11.2. The Hall–Kier alpha value is -4.46. The van der Waals surface area contributed by atoms with Crippen molar-refractivity contribution in [1.29, 1.82) is 0 Å². The molecule has 0 saturated carbocycles. The Labute approximate surface area is 203 Å². The van der Waals surface area contributed by atoms with Crippen molar-refractivity contribution in [3.63, 3.8) is 0 Å². The second-order valence-corrected chi connectivity index (χ2v) is 8.50. The van der Waals surface area contributed by atoms with Crippen molar-refractivity contribution in [3.05, 3.63) is 101 Å². The molecule has 8 heteroatoms. The van der Waals surface area contributed by atoms with Gasteiger partial charge in [-0.2, -0.15) is 0 Å². The molecule has 0 aliphatic carbocycles. The number of nitrogens with zero attached hydrogens (tertiary/aromatic N) is 1. The van der Waals surface area contributed by atoms with Crippen LogP contribution in [0.2, 0.25) is 0 Å². The lowest BCUT2D eigenvalue weighted by atomic mass is 9.83. The van der Waals surface area contributed by atoms with E-state index in [0.717, 1.165) is 21.6 Å². The van der Waals surface area contributed by atoms with E-state index in [1.807, 2.05) is 56.3 Å². The lowest BCUT2D eigenvalue weighted by Gasteiger charge is -2.27. The molecular weight excluding hydrogens is 444 g/mol. The zero-order valence-corrected chi connectivity index (χ0v) is 19.5. The fraction of sp³-hybridized carbons (Fsp3) is 0.185. The average Bonchev–Trinajstić information content (AvgIpc) is 3.08. The van der Waals surface area contributed by atoms with Gasteiger partial charge in [-0.25, -0.2) is 9.59 Å². The second kappa shape index (κ2) is 9.80. The van der Waals surface area contributed by atoms with Crippen LogP contribution in [-0.4, -0.2) is 35.3 Å². The number of rotatable bonds is 6. The third-order valence-electron chi connectivity index (χ3n) is 6.16. The van der Waals surface area contributed by atoms with Crippen LogP contribution in [-0.2, 0) is 21.5 Å². The quantitative estimate of drug-likeness (QED) is 0.478. The predicted octanol–water partition coefficient (Wildman–Crippen LogP) is 3.64. The fourth-order valence-electron chi connectivity index (χ4n) is 4.16. The first-order valence-corrected chi connectivity index (χ1v) is 11.2. The van der Waals surface area contributed by atoms with Gasteiger partial charge in [0.05, 0.1) is 0 Å². The van der Waals surface area contributed by atoms with E-state index in [-0.39, 0.29) is 6.42 Å². The van der Waals surface area contributed by atoms with Gasteiger partial charge < -0.3 is 10.6 Å². The Morgan fingerprint density at radius 2 is 1.54 bits per heavy atom. The van der Waals surface area contributed by atoms with Crippen molar-refractivity contribution in [1.82, 2.24) is 15.5 Å². The molecule has 3 aromatic carbocycles. The van der Waals surface area contributed by atoms with Crippen LogP contribution in [0.4, 0.5) is 15.3 Å². The van der Waals surface area contributed by atoms with Gasteiger partial charge in [-0.1, -0.05) is 72.8 Å². The summed E-state index contributed by atoms with van der Waals surface area (Å²) in [6.07, 6.45) is 0.216. The van der Waals surface area contributed by atoms with Gasteiger partial charge in [0.25, 0.3) is 5.91 Å². The molecule has 178 valence electrons. The van der Waals surface area contributed by atoms with Crippen molar-refractivity contribution in [3.8, 4) is 0 Å². The molecule has 35 heavy (non-hydrogen) atoms. The molecule has 1 saturated heterocycles. The van der Waals surface area contributed by atoms with Gasteiger partial charge in [-0.05, 0) is 42.2 Å². The number of hydrogen-bond donors (Lipinski definition) is 3. The van der Waals surface area contributed by atoms with E-state index in [2.05, 4.69) is 16.0 Å². The van der Waals surface area contributed by atoms with E-state index in [4.69, 9.17) is 0 Å². The van der Waals surface area contributed by atoms with Gasteiger partial charge in [0.2, 0.25) is 5.91 Å². The topological polar surface area (TPSA) is 108 Å². The third kappa shape index (κ3) is 4.91. The van der Waals surface area contributed by atoms with Crippen LogP contribution in [0, 0.1) is 13.8 Å². The zero-order valence-electron chi connectivity index (χ0n) is 19.5. The van der Waals surface area contributed by atoms with Gasteiger partial charge >= 0.3 is 12.1 Å². The predicted molar refractivity (Wildman–Crippen MR) is 132 cm³/mol. The van der Waals surface area contributed by atoms with Crippen LogP contribution in [0.3, 0.4) is 0 Å². The number of carbonyl (C=O) groups is 4. The number of urea groups is 2. The largest absolute Gasteiger partial charge is 0.325 e. The molecule has 0 bridgehead atoms. The van der Waals surface area contributed by atoms with E-state index in [9.17, 15) is 19.2 Å². The van der Waals surface area contributed by atoms with Crippen LogP contribution in [0.5, 0.6) is 0 Å². The number of anilines is 1. The first kappa shape index (κ1) is 23.7. The summed E-state index contributed by atoms with van der Waals surface area (Å²) < 4.78 is 0. The van der Waals surface area contributed by atoms with E-state index < -0.39 is 36.0 Å². The van der Waals surface area contributed by atoms with Crippen LogP contribution >= 0.6 is 0 Å². The van der Waals surface area contributed by atoms with Crippen molar-refractivity contribution in [2.45, 2.75) is 25.8 Å². The fourth-order valence-corrected chi connectivity index (χ4v) is 4.16. The molecule has 0 radical (unpaired) electrons. The summed E-state index contributed by atoms with van der Waals surface area (Å²) in [5.74, 6) is -1.33. The smallest absolute Gasteiger partial charge is 0.319 e. The molecule has 1 aliphatic heterocycles. The van der Waals surface area contributed by atoms with Crippen LogP contribution in [0.1, 0.15) is 22.3 Å². The van der Waals surface area contributed by atoms with Gasteiger partial charge in [-0.3, -0.25) is 19.8 Å². The average molecular weight is 471 g/mol. The number of nitrogens with one attached hydrogen (secondary N) is 3. The highest BCUT2D eigenvalue weighted by atomic mass is 16.2. The molecule has 1 atom stereocenters. The highest BCUT2D eigenvalue weighted by molar-refractivity contribution is 6.11. The Morgan fingerprint density at radius 1 is 0.886 bits per heavy atom. The minimum Gasteiger partial charge on any atom is -0.319 e. The zero-order chi connectivity index (χ0) is 25.0. The van der Waals surface area contributed by atoms with Gasteiger partial charge in [-0.15, -0.1) is 0 Å². The maximum absolute atomic E-state index is 13.6. The molecule has 3 N–H and O–H groups in total. The molecule has 0 spiro atoms. The summed E-state index contributed by atoms with van der Waals surface area (Å²) in [6, 6.07) is 22.2. The van der Waals surface area contributed by atoms with E-state index in [0.29, 0.717) is 11.3 Å². The number of amides is 6. The maximum Gasteiger partial charge on any atom is 0.325 e. The maximum atomic E-state index is 13.6. The molecule has 6 amide bonds. The van der Waals surface area contributed by atoms with E-state index >= 15 is 0 Å².